The Labute approximate surface area is 111 Å². The van der Waals surface area contributed by atoms with Crippen molar-refractivity contribution in [2.75, 3.05) is 0 Å². The van der Waals surface area contributed by atoms with E-state index in [1.807, 2.05) is 6.07 Å². The van der Waals surface area contributed by atoms with Gasteiger partial charge in [0.05, 0.1) is 0 Å². The van der Waals surface area contributed by atoms with Gasteiger partial charge in [-0.3, -0.25) is 0 Å². The summed E-state index contributed by atoms with van der Waals surface area (Å²) in [5.74, 6) is 0. The summed E-state index contributed by atoms with van der Waals surface area (Å²) < 4.78 is 62.3. The number of nitrogens with zero attached hydrogens (tertiary/aromatic N) is 2. The Morgan fingerprint density at radius 1 is 1.00 bits per heavy atom. The second-order valence-electron chi connectivity index (χ2n) is 3.37. The van der Waals surface area contributed by atoms with E-state index in [-0.39, 0.29) is 0 Å². The van der Waals surface area contributed by atoms with Crippen molar-refractivity contribution in [1.29, 1.82) is 0 Å². The quantitative estimate of drug-likeness (QED) is 0.609. The molecule has 0 aliphatic rings. The van der Waals surface area contributed by atoms with E-state index in [4.69, 9.17) is 0 Å². The highest BCUT2D eigenvalue weighted by molar-refractivity contribution is 8.07. The van der Waals surface area contributed by atoms with Gasteiger partial charge >= 0.3 is 0 Å². The molecule has 1 aromatic heterocycles. The molecule has 10 heteroatoms. The zero-order chi connectivity index (χ0) is 14.9. The average molecular weight is 316 g/mol. The van der Waals surface area contributed by atoms with Gasteiger partial charge in [-0.1, -0.05) is 19.4 Å². The van der Waals surface area contributed by atoms with Gasteiger partial charge in [0.1, 0.15) is 6.54 Å². The molecule has 0 aliphatic carbocycles. The average Bonchev–Trinajstić information content (AvgIpc) is 2.23. The van der Waals surface area contributed by atoms with Crippen LogP contribution in [-0.2, 0) is 27.4 Å². The Morgan fingerprint density at radius 3 is 1.79 bits per heavy atom. The molecule has 0 saturated carbocycles. The Kier molecular flexibility index (Phi) is 7.64. The van der Waals surface area contributed by atoms with Crippen molar-refractivity contribution in [2.45, 2.75) is 26.3 Å². The fourth-order valence-corrected chi connectivity index (χ4v) is 1.88. The molecule has 0 N–H and O–H groups in total. The molecule has 0 amide bonds. The standard InChI is InChI=1S/C9H14N.F2NO4S2/c1-2-3-7-10-8-5-4-6-9-10;1-8(4,5)3-9(2,6)7/h4-6,8-9H,2-3,7H2,1H3;/q+1;-1. The summed E-state index contributed by atoms with van der Waals surface area (Å²) >= 11 is 0. The van der Waals surface area contributed by atoms with Crippen molar-refractivity contribution in [3.05, 3.63) is 34.7 Å². The molecular weight excluding hydrogens is 302 g/mol. The van der Waals surface area contributed by atoms with E-state index < -0.39 is 20.8 Å². The lowest BCUT2D eigenvalue weighted by Crippen LogP contribution is -2.31. The number of hydrogen-bond acceptors (Lipinski definition) is 4. The summed E-state index contributed by atoms with van der Waals surface area (Å²) in [6.07, 6.45) is 6.75. The Hall–Kier alpha value is -1.13. The van der Waals surface area contributed by atoms with Crippen LogP contribution in [0, 0.1) is 0 Å². The Balaban J connectivity index is 0.000000344. The third kappa shape index (κ3) is 13.1. The molecule has 1 rings (SSSR count). The lowest BCUT2D eigenvalue weighted by atomic mass is 10.3. The van der Waals surface area contributed by atoms with Gasteiger partial charge in [-0.15, -0.1) is 7.77 Å². The van der Waals surface area contributed by atoms with Gasteiger partial charge in [-0.25, -0.2) is 21.4 Å². The maximum Gasteiger partial charge on any atom is 0.241 e. The van der Waals surface area contributed by atoms with Crippen LogP contribution < -0.4 is 4.57 Å². The lowest BCUT2D eigenvalue weighted by Gasteiger charge is -2.03. The number of hydrogen-bond donors (Lipinski definition) is 0. The number of aromatic nitrogens is 1. The molecule has 1 aromatic rings. The topological polar surface area (TPSA) is 86.3 Å². The zero-order valence-corrected chi connectivity index (χ0v) is 11.7. The molecule has 0 radical (unpaired) electrons. The smallest absolute Gasteiger partial charge is 0.241 e. The summed E-state index contributed by atoms with van der Waals surface area (Å²) in [6, 6.07) is 6.17. The van der Waals surface area contributed by atoms with Gasteiger partial charge in [0, 0.05) is 18.6 Å². The van der Waals surface area contributed by atoms with E-state index in [1.165, 1.54) is 12.8 Å². The van der Waals surface area contributed by atoms with E-state index in [1.54, 1.807) is 0 Å². The van der Waals surface area contributed by atoms with Crippen LogP contribution in [0.25, 0.3) is 4.13 Å². The van der Waals surface area contributed by atoms with Crippen molar-refractivity contribution in [1.82, 2.24) is 0 Å². The third-order valence-corrected chi connectivity index (χ3v) is 3.15. The highest BCUT2D eigenvalue weighted by atomic mass is 32.3. The van der Waals surface area contributed by atoms with E-state index in [0.29, 0.717) is 0 Å². The second kappa shape index (κ2) is 8.12. The van der Waals surface area contributed by atoms with Crippen molar-refractivity contribution < 1.29 is 29.2 Å². The van der Waals surface area contributed by atoms with Gasteiger partial charge in [0.15, 0.2) is 12.4 Å². The zero-order valence-electron chi connectivity index (χ0n) is 10.1. The molecular formula is C9H14F2N2O4S2. The van der Waals surface area contributed by atoms with Crippen molar-refractivity contribution in [3.8, 4) is 0 Å². The van der Waals surface area contributed by atoms with Gasteiger partial charge in [0.25, 0.3) is 0 Å². The van der Waals surface area contributed by atoms with Crippen molar-refractivity contribution in [3.63, 3.8) is 0 Å². The molecule has 0 spiro atoms. The molecule has 0 aromatic carbocycles. The van der Waals surface area contributed by atoms with Crippen LogP contribution in [0.1, 0.15) is 19.8 Å². The summed E-state index contributed by atoms with van der Waals surface area (Å²) in [7, 11) is -11.2. The summed E-state index contributed by atoms with van der Waals surface area (Å²) in [5.41, 5.74) is 0. The minimum atomic E-state index is -5.62. The fourth-order valence-electron chi connectivity index (χ4n) is 1.03. The van der Waals surface area contributed by atoms with Crippen molar-refractivity contribution >= 4 is 20.8 Å². The molecule has 0 aliphatic heterocycles. The fraction of sp³-hybridized carbons (Fsp3) is 0.444. The van der Waals surface area contributed by atoms with E-state index in [0.717, 1.165) is 10.7 Å². The predicted molar refractivity (Wildman–Crippen MR) is 65.0 cm³/mol. The minimum absolute atomic E-state index is 1.15. The minimum Gasteiger partial charge on any atom is -0.379 e. The van der Waals surface area contributed by atoms with Crippen molar-refractivity contribution in [2.24, 2.45) is 0 Å². The summed E-state index contributed by atoms with van der Waals surface area (Å²) in [6.45, 7) is 3.36. The van der Waals surface area contributed by atoms with Crippen LogP contribution in [-0.4, -0.2) is 16.8 Å². The van der Waals surface area contributed by atoms with E-state index >= 15 is 0 Å². The maximum absolute atomic E-state index is 11.1. The van der Waals surface area contributed by atoms with Crippen LogP contribution in [0.5, 0.6) is 0 Å². The molecule has 0 saturated heterocycles. The summed E-state index contributed by atoms with van der Waals surface area (Å²) in [5, 5.41) is 0. The van der Waals surface area contributed by atoms with Crippen LogP contribution in [0.3, 0.4) is 0 Å². The Morgan fingerprint density at radius 2 is 1.47 bits per heavy atom. The van der Waals surface area contributed by atoms with Crippen LogP contribution in [0.15, 0.2) is 30.6 Å². The van der Waals surface area contributed by atoms with Gasteiger partial charge in [-0.2, -0.15) is 0 Å². The third-order valence-electron chi connectivity index (χ3n) is 1.73. The summed E-state index contributed by atoms with van der Waals surface area (Å²) in [4.78, 5) is 0. The predicted octanol–water partition coefficient (Wildman–Crippen LogP) is 1.56. The number of aryl methyl sites for hydroxylation is 1. The molecule has 0 unspecified atom stereocenters. The first kappa shape index (κ1) is 17.9. The molecule has 110 valence electrons. The van der Waals surface area contributed by atoms with Crippen LogP contribution in [0.2, 0.25) is 0 Å². The first-order valence-corrected chi connectivity index (χ1v) is 7.89. The highest BCUT2D eigenvalue weighted by Gasteiger charge is 2.01. The molecule has 19 heavy (non-hydrogen) atoms. The van der Waals surface area contributed by atoms with Crippen LogP contribution in [0.4, 0.5) is 7.77 Å². The van der Waals surface area contributed by atoms with E-state index in [9.17, 15) is 24.6 Å². The monoisotopic (exact) mass is 316 g/mol. The Bertz CT molecular complexity index is 531. The SMILES string of the molecule is CCCC[n+]1ccccc1.O=S(=O)(F)[N-]S(=O)(=O)F. The first-order chi connectivity index (χ1) is 8.64. The lowest BCUT2D eigenvalue weighted by molar-refractivity contribution is -0.697. The van der Waals surface area contributed by atoms with Gasteiger partial charge < -0.3 is 4.13 Å². The van der Waals surface area contributed by atoms with Crippen LogP contribution >= 0.6 is 0 Å². The van der Waals surface area contributed by atoms with Gasteiger partial charge in [-0.05, 0) is 0 Å². The molecule has 0 bridgehead atoms. The maximum atomic E-state index is 11.1. The molecule has 1 heterocycles. The van der Waals surface area contributed by atoms with E-state index in [2.05, 4.69) is 36.0 Å². The van der Waals surface area contributed by atoms with Gasteiger partial charge in [0.2, 0.25) is 20.8 Å². The normalized spacial score (nSPS) is 11.5. The highest BCUT2D eigenvalue weighted by Crippen LogP contribution is 2.11. The molecule has 6 nitrogen and oxygen atoms in total. The first-order valence-electron chi connectivity index (χ1n) is 5.21. The second-order valence-corrected chi connectivity index (χ2v) is 5.61. The number of unbranched alkanes of at least 4 members (excludes halogenated alkanes) is 1. The number of rotatable bonds is 5. The largest absolute Gasteiger partial charge is 0.379 e. The molecule has 0 atom stereocenters. The number of halogens is 2. The molecule has 0 fully saturated rings. The number of pyridine rings is 1.